The van der Waals surface area contributed by atoms with Crippen LogP contribution in [0.3, 0.4) is 0 Å². The molecule has 4 nitrogen and oxygen atoms in total. The van der Waals surface area contributed by atoms with Crippen LogP contribution in [-0.2, 0) is 6.42 Å². The Balaban J connectivity index is 2.02. The molecule has 2 heterocycles. The summed E-state index contributed by atoms with van der Waals surface area (Å²) >= 11 is 1.66. The van der Waals surface area contributed by atoms with Gasteiger partial charge < -0.3 is 4.74 Å². The predicted octanol–water partition coefficient (Wildman–Crippen LogP) is 4.23. The Bertz CT molecular complexity index is 848. The van der Waals surface area contributed by atoms with Crippen LogP contribution in [0.25, 0.3) is 10.2 Å². The quantitative estimate of drug-likeness (QED) is 0.725. The molecule has 0 radical (unpaired) electrons. The first-order valence-electron chi connectivity index (χ1n) is 6.63. The maximum atomic E-state index is 8.90. The van der Waals surface area contributed by atoms with E-state index in [-0.39, 0.29) is 0 Å². The van der Waals surface area contributed by atoms with Gasteiger partial charge in [-0.1, -0.05) is 6.92 Å². The molecule has 0 N–H and O–H groups in total. The Morgan fingerprint density at radius 2 is 2.14 bits per heavy atom. The highest BCUT2D eigenvalue weighted by Crippen LogP contribution is 2.33. The summed E-state index contributed by atoms with van der Waals surface area (Å²) in [6.45, 7) is 4.03. The average Bonchev–Trinajstić information content (AvgIpc) is 2.93. The van der Waals surface area contributed by atoms with Crippen LogP contribution in [-0.4, -0.2) is 9.97 Å². The summed E-state index contributed by atoms with van der Waals surface area (Å²) in [4.78, 5) is 10.7. The van der Waals surface area contributed by atoms with Crippen LogP contribution in [0.2, 0.25) is 0 Å². The van der Waals surface area contributed by atoms with Crippen molar-refractivity contribution in [3.63, 3.8) is 0 Å². The summed E-state index contributed by atoms with van der Waals surface area (Å²) in [6.07, 6.45) is 2.49. The third-order valence-electron chi connectivity index (χ3n) is 3.20. The molecule has 0 saturated carbocycles. The van der Waals surface area contributed by atoms with Crippen LogP contribution in [0.4, 0.5) is 0 Å². The van der Waals surface area contributed by atoms with Crippen molar-refractivity contribution in [2.45, 2.75) is 20.3 Å². The third kappa shape index (κ3) is 2.58. The Morgan fingerprint density at radius 1 is 1.29 bits per heavy atom. The van der Waals surface area contributed by atoms with E-state index in [0.717, 1.165) is 22.2 Å². The van der Waals surface area contributed by atoms with Crippen molar-refractivity contribution in [3.8, 4) is 17.7 Å². The third-order valence-corrected chi connectivity index (χ3v) is 4.39. The molecule has 21 heavy (non-hydrogen) atoms. The number of benzene rings is 1. The number of rotatable bonds is 3. The molecule has 0 aliphatic heterocycles. The molecule has 0 bridgehead atoms. The minimum Gasteiger partial charge on any atom is -0.438 e. The lowest BCUT2D eigenvalue weighted by atomic mass is 10.1. The number of nitrogens with zero attached hydrogens (tertiary/aromatic N) is 3. The van der Waals surface area contributed by atoms with Crippen molar-refractivity contribution in [1.29, 1.82) is 5.26 Å². The fraction of sp³-hybridized carbons (Fsp3) is 0.188. The van der Waals surface area contributed by atoms with E-state index in [1.165, 1.54) is 11.2 Å². The van der Waals surface area contributed by atoms with Gasteiger partial charge in [0.15, 0.2) is 0 Å². The van der Waals surface area contributed by atoms with Gasteiger partial charge in [0.25, 0.3) is 0 Å². The fourth-order valence-electron chi connectivity index (χ4n) is 2.08. The Hall–Kier alpha value is -2.45. The second kappa shape index (κ2) is 5.51. The predicted molar refractivity (Wildman–Crippen MR) is 82.8 cm³/mol. The second-order valence-electron chi connectivity index (χ2n) is 4.66. The Morgan fingerprint density at radius 3 is 2.86 bits per heavy atom. The first-order valence-corrected chi connectivity index (χ1v) is 7.45. The summed E-state index contributed by atoms with van der Waals surface area (Å²) in [6, 6.07) is 9.54. The van der Waals surface area contributed by atoms with Gasteiger partial charge >= 0.3 is 0 Å². The van der Waals surface area contributed by atoms with Gasteiger partial charge in [0.2, 0.25) is 5.88 Å². The van der Waals surface area contributed by atoms with Crippen molar-refractivity contribution < 1.29 is 4.74 Å². The van der Waals surface area contributed by atoms with Gasteiger partial charge in [-0.3, -0.25) is 0 Å². The molecule has 2 aromatic heterocycles. The summed E-state index contributed by atoms with van der Waals surface area (Å²) in [5.74, 6) is 1.27. The molecule has 0 aliphatic rings. The van der Waals surface area contributed by atoms with Gasteiger partial charge in [-0.2, -0.15) is 5.26 Å². The van der Waals surface area contributed by atoms with Crippen molar-refractivity contribution >= 4 is 21.6 Å². The standard InChI is InChI=1S/C16H13N3OS/c1-3-12-7-13-15(18-9-19-16(13)21-12)20-14-5-4-11(8-17)6-10(14)2/h4-7,9H,3H2,1-2H3. The Labute approximate surface area is 126 Å². The number of ether oxygens (including phenoxy) is 1. The molecule has 0 unspecified atom stereocenters. The molecule has 3 rings (SSSR count). The fourth-order valence-corrected chi connectivity index (χ4v) is 3.00. The number of fused-ring (bicyclic) bond motifs is 1. The largest absolute Gasteiger partial charge is 0.438 e. The van der Waals surface area contributed by atoms with E-state index in [1.807, 2.05) is 6.92 Å². The van der Waals surface area contributed by atoms with Crippen molar-refractivity contribution in [3.05, 3.63) is 46.6 Å². The number of aryl methyl sites for hydroxylation is 2. The topological polar surface area (TPSA) is 58.8 Å². The number of hydrogen-bond acceptors (Lipinski definition) is 5. The number of aromatic nitrogens is 2. The molecule has 104 valence electrons. The van der Waals surface area contributed by atoms with Gasteiger partial charge in [-0.15, -0.1) is 11.3 Å². The molecule has 0 spiro atoms. The SMILES string of the molecule is CCc1cc2c(Oc3ccc(C#N)cc3C)ncnc2s1. The monoisotopic (exact) mass is 295 g/mol. The first-order chi connectivity index (χ1) is 10.2. The molecule has 0 aliphatic carbocycles. The van der Waals surface area contributed by atoms with Gasteiger partial charge in [0, 0.05) is 4.88 Å². The van der Waals surface area contributed by atoms with Crippen molar-refractivity contribution in [2.75, 3.05) is 0 Å². The van der Waals surface area contributed by atoms with Gasteiger partial charge in [0.05, 0.1) is 17.0 Å². The smallest absolute Gasteiger partial charge is 0.231 e. The first kappa shape index (κ1) is 13.5. The average molecular weight is 295 g/mol. The molecule has 5 heteroatoms. The van der Waals surface area contributed by atoms with E-state index < -0.39 is 0 Å². The minimum atomic E-state index is 0.559. The van der Waals surface area contributed by atoms with Crippen molar-refractivity contribution in [1.82, 2.24) is 9.97 Å². The lowest BCUT2D eigenvalue weighted by Gasteiger charge is -2.08. The van der Waals surface area contributed by atoms with Crippen LogP contribution in [0.5, 0.6) is 11.6 Å². The maximum absolute atomic E-state index is 8.90. The summed E-state index contributed by atoms with van der Waals surface area (Å²) < 4.78 is 5.93. The highest BCUT2D eigenvalue weighted by atomic mass is 32.1. The summed E-state index contributed by atoms with van der Waals surface area (Å²) in [5, 5.41) is 9.84. The van der Waals surface area contributed by atoms with Crippen LogP contribution in [0.15, 0.2) is 30.6 Å². The summed E-state index contributed by atoms with van der Waals surface area (Å²) in [5.41, 5.74) is 1.53. The van der Waals surface area contributed by atoms with E-state index in [0.29, 0.717) is 17.2 Å². The number of hydrogen-bond donors (Lipinski definition) is 0. The zero-order chi connectivity index (χ0) is 14.8. The molecule has 0 amide bonds. The maximum Gasteiger partial charge on any atom is 0.231 e. The van der Waals surface area contributed by atoms with Crippen LogP contribution in [0.1, 0.15) is 22.9 Å². The van der Waals surface area contributed by atoms with Crippen LogP contribution < -0.4 is 4.74 Å². The van der Waals surface area contributed by atoms with Gasteiger partial charge in [-0.05, 0) is 43.2 Å². The normalized spacial score (nSPS) is 10.5. The van der Waals surface area contributed by atoms with Gasteiger partial charge in [0.1, 0.15) is 16.9 Å². The molecule has 3 aromatic rings. The minimum absolute atomic E-state index is 0.559. The molecular formula is C16H13N3OS. The highest BCUT2D eigenvalue weighted by Gasteiger charge is 2.11. The molecule has 1 aromatic carbocycles. The lowest BCUT2D eigenvalue weighted by Crippen LogP contribution is -1.92. The van der Waals surface area contributed by atoms with E-state index in [9.17, 15) is 0 Å². The van der Waals surface area contributed by atoms with E-state index in [2.05, 4.69) is 29.0 Å². The van der Waals surface area contributed by atoms with E-state index in [4.69, 9.17) is 10.00 Å². The number of nitriles is 1. The van der Waals surface area contributed by atoms with Crippen molar-refractivity contribution in [2.24, 2.45) is 0 Å². The number of thiophene rings is 1. The van der Waals surface area contributed by atoms with E-state index >= 15 is 0 Å². The van der Waals surface area contributed by atoms with E-state index in [1.54, 1.807) is 29.5 Å². The Kier molecular flexibility index (Phi) is 3.55. The molecule has 0 saturated heterocycles. The lowest BCUT2D eigenvalue weighted by molar-refractivity contribution is 0.465. The summed E-state index contributed by atoms with van der Waals surface area (Å²) in [7, 11) is 0. The second-order valence-corrected chi connectivity index (χ2v) is 5.77. The molecular weight excluding hydrogens is 282 g/mol. The zero-order valence-corrected chi connectivity index (χ0v) is 12.6. The molecule has 0 fully saturated rings. The highest BCUT2D eigenvalue weighted by molar-refractivity contribution is 7.18. The van der Waals surface area contributed by atoms with Crippen LogP contribution in [0, 0.1) is 18.3 Å². The zero-order valence-electron chi connectivity index (χ0n) is 11.8. The van der Waals surface area contributed by atoms with Gasteiger partial charge in [-0.25, -0.2) is 9.97 Å². The molecule has 0 atom stereocenters. The van der Waals surface area contributed by atoms with Crippen LogP contribution >= 0.6 is 11.3 Å².